The third-order valence-electron chi connectivity index (χ3n) is 2.44. The summed E-state index contributed by atoms with van der Waals surface area (Å²) in [6, 6.07) is 0. The van der Waals surface area contributed by atoms with E-state index in [9.17, 15) is 4.79 Å². The molecule has 0 atom stereocenters. The molecule has 0 bridgehead atoms. The molecule has 3 heteroatoms. The van der Waals surface area contributed by atoms with Gasteiger partial charge in [-0.25, -0.2) is 0 Å². The number of hydrogen-bond donors (Lipinski definition) is 0. The highest BCUT2D eigenvalue weighted by molar-refractivity contribution is 5.70. The Morgan fingerprint density at radius 3 is 2.76 bits per heavy atom. The zero-order chi connectivity index (χ0) is 12.9. The fraction of sp³-hybridized carbons (Fsp3) is 0.643. The number of carbonyl (C=O) groups excluding carboxylic acids is 1. The fourth-order valence-corrected chi connectivity index (χ4v) is 1.39. The number of nitrogens with zero attached hydrogens (tertiary/aromatic N) is 1. The molecule has 0 aliphatic carbocycles. The Bertz CT molecular complexity index is 266. The van der Waals surface area contributed by atoms with Crippen molar-refractivity contribution in [2.45, 2.75) is 32.6 Å². The van der Waals surface area contributed by atoms with E-state index in [-0.39, 0.29) is 5.97 Å². The number of unbranched alkanes of at least 4 members (excludes halogenated alkanes) is 1. The van der Waals surface area contributed by atoms with Crippen LogP contribution in [0.25, 0.3) is 0 Å². The van der Waals surface area contributed by atoms with Gasteiger partial charge in [0.05, 0.1) is 13.5 Å². The molecule has 0 fully saturated rings. The van der Waals surface area contributed by atoms with E-state index in [2.05, 4.69) is 22.5 Å². The van der Waals surface area contributed by atoms with E-state index in [0.29, 0.717) is 6.42 Å². The maximum atomic E-state index is 10.9. The first-order chi connectivity index (χ1) is 8.24. The SMILES string of the molecule is C#CCCN(C/C=C/CC(=O)OC)CCCC. The van der Waals surface area contributed by atoms with Crippen LogP contribution in [0.5, 0.6) is 0 Å². The third kappa shape index (κ3) is 9.65. The van der Waals surface area contributed by atoms with Crippen LogP contribution in [-0.2, 0) is 9.53 Å². The summed E-state index contributed by atoms with van der Waals surface area (Å²) in [7, 11) is 1.40. The first-order valence-corrected chi connectivity index (χ1v) is 6.12. The molecule has 0 radical (unpaired) electrons. The van der Waals surface area contributed by atoms with Gasteiger partial charge in [-0.3, -0.25) is 9.69 Å². The van der Waals surface area contributed by atoms with Crippen molar-refractivity contribution in [3.8, 4) is 12.3 Å². The smallest absolute Gasteiger partial charge is 0.309 e. The Labute approximate surface area is 105 Å². The Balaban J connectivity index is 3.88. The molecule has 0 aromatic rings. The lowest BCUT2D eigenvalue weighted by atomic mass is 10.3. The van der Waals surface area contributed by atoms with Gasteiger partial charge in [0.1, 0.15) is 0 Å². The van der Waals surface area contributed by atoms with Crippen molar-refractivity contribution >= 4 is 5.97 Å². The van der Waals surface area contributed by atoms with Crippen LogP contribution in [0, 0.1) is 12.3 Å². The van der Waals surface area contributed by atoms with Crippen molar-refractivity contribution in [1.29, 1.82) is 0 Å². The highest BCUT2D eigenvalue weighted by Gasteiger charge is 2.01. The molecule has 0 rings (SSSR count). The molecule has 0 aliphatic heterocycles. The van der Waals surface area contributed by atoms with Gasteiger partial charge < -0.3 is 4.74 Å². The van der Waals surface area contributed by atoms with Gasteiger partial charge in [-0.2, -0.15) is 0 Å². The minimum atomic E-state index is -0.204. The zero-order valence-corrected chi connectivity index (χ0v) is 10.9. The van der Waals surface area contributed by atoms with E-state index in [4.69, 9.17) is 6.42 Å². The molecule has 0 aromatic carbocycles. The lowest BCUT2D eigenvalue weighted by Crippen LogP contribution is -2.26. The lowest BCUT2D eigenvalue weighted by molar-refractivity contribution is -0.139. The van der Waals surface area contributed by atoms with Crippen LogP contribution in [0.2, 0.25) is 0 Å². The number of rotatable bonds is 9. The van der Waals surface area contributed by atoms with Gasteiger partial charge in [0.2, 0.25) is 0 Å². The molecule has 0 aliphatic rings. The maximum absolute atomic E-state index is 10.9. The number of methoxy groups -OCH3 is 1. The molecule has 96 valence electrons. The molecular weight excluding hydrogens is 214 g/mol. The molecule has 0 unspecified atom stereocenters. The maximum Gasteiger partial charge on any atom is 0.309 e. The summed E-state index contributed by atoms with van der Waals surface area (Å²) in [5.74, 6) is 2.45. The lowest BCUT2D eigenvalue weighted by Gasteiger charge is -2.18. The normalized spacial score (nSPS) is 10.7. The van der Waals surface area contributed by atoms with Crippen molar-refractivity contribution < 1.29 is 9.53 Å². The minimum absolute atomic E-state index is 0.204. The summed E-state index contributed by atoms with van der Waals surface area (Å²) >= 11 is 0. The largest absolute Gasteiger partial charge is 0.469 e. The van der Waals surface area contributed by atoms with Gasteiger partial charge >= 0.3 is 5.97 Å². The van der Waals surface area contributed by atoms with Gasteiger partial charge in [0, 0.05) is 19.5 Å². The summed E-state index contributed by atoms with van der Waals surface area (Å²) in [6.07, 6.45) is 12.6. The van der Waals surface area contributed by atoms with Gasteiger partial charge in [-0.15, -0.1) is 12.3 Å². The van der Waals surface area contributed by atoms with Crippen molar-refractivity contribution in [3.63, 3.8) is 0 Å². The summed E-state index contributed by atoms with van der Waals surface area (Å²) < 4.78 is 4.56. The van der Waals surface area contributed by atoms with Gasteiger partial charge in [0.25, 0.3) is 0 Å². The summed E-state index contributed by atoms with van der Waals surface area (Å²) in [5.41, 5.74) is 0. The van der Waals surface area contributed by atoms with Crippen LogP contribution in [0.4, 0.5) is 0 Å². The number of terminal acetylenes is 1. The third-order valence-corrected chi connectivity index (χ3v) is 2.44. The quantitative estimate of drug-likeness (QED) is 0.350. The van der Waals surface area contributed by atoms with Gasteiger partial charge in [-0.1, -0.05) is 25.5 Å². The first-order valence-electron chi connectivity index (χ1n) is 6.12. The predicted molar refractivity (Wildman–Crippen MR) is 70.6 cm³/mol. The Morgan fingerprint density at radius 1 is 1.41 bits per heavy atom. The second-order valence-electron chi connectivity index (χ2n) is 3.86. The zero-order valence-electron chi connectivity index (χ0n) is 10.9. The van der Waals surface area contributed by atoms with E-state index in [0.717, 1.165) is 26.1 Å². The van der Waals surface area contributed by atoms with Crippen LogP contribution in [0.15, 0.2) is 12.2 Å². The summed E-state index contributed by atoms with van der Waals surface area (Å²) in [6.45, 7) is 4.99. The molecule has 0 heterocycles. The van der Waals surface area contributed by atoms with E-state index >= 15 is 0 Å². The van der Waals surface area contributed by atoms with Gasteiger partial charge in [-0.05, 0) is 13.0 Å². The molecule has 0 amide bonds. The first kappa shape index (κ1) is 15.7. The molecule has 0 saturated heterocycles. The summed E-state index contributed by atoms with van der Waals surface area (Å²) in [5, 5.41) is 0. The number of esters is 1. The standard InChI is InChI=1S/C14H23NO2/c1-4-6-11-15(12-7-5-2)13-9-8-10-14(16)17-3/h1,8-9H,5-7,10-13H2,2-3H3/b9-8+. The topological polar surface area (TPSA) is 29.5 Å². The van der Waals surface area contributed by atoms with Crippen molar-refractivity contribution in [2.24, 2.45) is 0 Å². The molecular formula is C14H23NO2. The number of hydrogen-bond acceptors (Lipinski definition) is 3. The highest BCUT2D eigenvalue weighted by atomic mass is 16.5. The van der Waals surface area contributed by atoms with E-state index in [1.807, 2.05) is 12.2 Å². The van der Waals surface area contributed by atoms with Crippen molar-refractivity contribution in [2.75, 3.05) is 26.7 Å². The van der Waals surface area contributed by atoms with Crippen LogP contribution < -0.4 is 0 Å². The summed E-state index contributed by atoms with van der Waals surface area (Å²) in [4.78, 5) is 13.2. The molecule has 3 nitrogen and oxygen atoms in total. The monoisotopic (exact) mass is 237 g/mol. The van der Waals surface area contributed by atoms with Crippen molar-refractivity contribution in [3.05, 3.63) is 12.2 Å². The second-order valence-corrected chi connectivity index (χ2v) is 3.86. The van der Waals surface area contributed by atoms with E-state index in [1.54, 1.807) is 0 Å². The average molecular weight is 237 g/mol. The van der Waals surface area contributed by atoms with Crippen LogP contribution in [-0.4, -0.2) is 37.6 Å². The Kier molecular flexibility index (Phi) is 10.4. The van der Waals surface area contributed by atoms with Gasteiger partial charge in [0.15, 0.2) is 0 Å². The highest BCUT2D eigenvalue weighted by Crippen LogP contribution is 1.98. The minimum Gasteiger partial charge on any atom is -0.469 e. The second kappa shape index (κ2) is 11.2. The van der Waals surface area contributed by atoms with Crippen molar-refractivity contribution in [1.82, 2.24) is 4.90 Å². The Morgan fingerprint density at radius 2 is 2.18 bits per heavy atom. The molecule has 0 saturated carbocycles. The van der Waals surface area contributed by atoms with E-state index in [1.165, 1.54) is 20.0 Å². The fourth-order valence-electron chi connectivity index (χ4n) is 1.39. The molecule has 17 heavy (non-hydrogen) atoms. The Hall–Kier alpha value is -1.27. The van der Waals surface area contributed by atoms with Crippen LogP contribution in [0.1, 0.15) is 32.6 Å². The molecule has 0 aromatic heterocycles. The molecule has 0 N–H and O–H groups in total. The number of ether oxygens (including phenoxy) is 1. The predicted octanol–water partition coefficient (Wildman–Crippen LogP) is 2.23. The van der Waals surface area contributed by atoms with Crippen LogP contribution in [0.3, 0.4) is 0 Å². The molecule has 0 spiro atoms. The number of carbonyl (C=O) groups is 1. The van der Waals surface area contributed by atoms with E-state index < -0.39 is 0 Å². The van der Waals surface area contributed by atoms with Crippen LogP contribution >= 0.6 is 0 Å². The average Bonchev–Trinajstić information content (AvgIpc) is 2.36.